The zero-order chi connectivity index (χ0) is 21.2. The summed E-state index contributed by atoms with van der Waals surface area (Å²) in [5.41, 5.74) is 10.6. The maximum atomic E-state index is 6.41. The summed E-state index contributed by atoms with van der Waals surface area (Å²) in [5.74, 6) is 2.34. The van der Waals surface area contributed by atoms with Crippen LogP contribution in [-0.2, 0) is 6.54 Å². The van der Waals surface area contributed by atoms with Crippen molar-refractivity contribution in [2.24, 2.45) is 5.73 Å². The SMILES string of the molecule is C[C@@H](N)N(Cc1ccco1)c1nc(-c2ccccc2)nc2c(-c3ccccc3)csc12. The Kier molecular flexibility index (Phi) is 5.24. The first-order chi connectivity index (χ1) is 15.2. The van der Waals surface area contributed by atoms with Crippen molar-refractivity contribution >= 4 is 27.4 Å². The highest BCUT2D eigenvalue weighted by molar-refractivity contribution is 7.18. The second kappa shape index (κ2) is 8.34. The number of hydrogen-bond acceptors (Lipinski definition) is 6. The summed E-state index contributed by atoms with van der Waals surface area (Å²) in [7, 11) is 0. The Hall–Kier alpha value is -3.48. The van der Waals surface area contributed by atoms with E-state index in [0.717, 1.165) is 38.5 Å². The lowest BCUT2D eigenvalue weighted by atomic mass is 10.1. The van der Waals surface area contributed by atoms with Crippen LogP contribution in [0.5, 0.6) is 0 Å². The van der Waals surface area contributed by atoms with Crippen LogP contribution in [0.1, 0.15) is 12.7 Å². The molecule has 3 heterocycles. The molecule has 0 unspecified atom stereocenters. The third-order valence-electron chi connectivity index (χ3n) is 5.18. The number of fused-ring (bicyclic) bond motifs is 1. The molecule has 0 saturated heterocycles. The van der Waals surface area contributed by atoms with Crippen LogP contribution in [0.15, 0.2) is 88.9 Å². The minimum atomic E-state index is -0.255. The molecule has 154 valence electrons. The van der Waals surface area contributed by atoms with Gasteiger partial charge in [0, 0.05) is 16.5 Å². The monoisotopic (exact) mass is 426 g/mol. The van der Waals surface area contributed by atoms with Crippen LogP contribution in [0.25, 0.3) is 32.7 Å². The van der Waals surface area contributed by atoms with Gasteiger partial charge in [-0.05, 0) is 24.6 Å². The summed E-state index contributed by atoms with van der Waals surface area (Å²) in [5, 5.41) is 2.15. The number of thiophene rings is 1. The van der Waals surface area contributed by atoms with Gasteiger partial charge in [-0.1, -0.05) is 60.7 Å². The van der Waals surface area contributed by atoms with Crippen LogP contribution in [0.2, 0.25) is 0 Å². The summed E-state index contributed by atoms with van der Waals surface area (Å²) in [6, 6.07) is 24.2. The average Bonchev–Trinajstić information content (AvgIpc) is 3.48. The first-order valence-electron chi connectivity index (χ1n) is 10.2. The van der Waals surface area contributed by atoms with E-state index in [1.165, 1.54) is 0 Å². The summed E-state index contributed by atoms with van der Waals surface area (Å²) in [6.45, 7) is 2.49. The van der Waals surface area contributed by atoms with Gasteiger partial charge in [0.2, 0.25) is 0 Å². The number of nitrogens with two attached hydrogens (primary N) is 1. The van der Waals surface area contributed by atoms with Crippen LogP contribution in [0.4, 0.5) is 5.82 Å². The lowest BCUT2D eigenvalue weighted by molar-refractivity contribution is 0.489. The van der Waals surface area contributed by atoms with Crippen molar-refractivity contribution in [3.8, 4) is 22.5 Å². The number of rotatable bonds is 6. The molecule has 2 N–H and O–H groups in total. The predicted molar refractivity (Wildman–Crippen MR) is 127 cm³/mol. The smallest absolute Gasteiger partial charge is 0.162 e. The average molecular weight is 427 g/mol. The highest BCUT2D eigenvalue weighted by atomic mass is 32.1. The molecule has 0 amide bonds. The number of aromatic nitrogens is 2. The summed E-state index contributed by atoms with van der Waals surface area (Å²) >= 11 is 1.64. The number of hydrogen-bond donors (Lipinski definition) is 1. The number of nitrogens with zero attached hydrogens (tertiary/aromatic N) is 3. The Labute approximate surface area is 184 Å². The van der Waals surface area contributed by atoms with Crippen LogP contribution in [-0.4, -0.2) is 16.1 Å². The normalized spacial score (nSPS) is 12.2. The minimum absolute atomic E-state index is 0.255. The van der Waals surface area contributed by atoms with Gasteiger partial charge in [0.15, 0.2) is 11.6 Å². The van der Waals surface area contributed by atoms with E-state index in [9.17, 15) is 0 Å². The predicted octanol–water partition coefficient (Wildman–Crippen LogP) is 5.93. The van der Waals surface area contributed by atoms with E-state index in [4.69, 9.17) is 20.1 Å². The molecule has 31 heavy (non-hydrogen) atoms. The van der Waals surface area contributed by atoms with E-state index >= 15 is 0 Å². The van der Waals surface area contributed by atoms with Crippen molar-refractivity contribution in [3.63, 3.8) is 0 Å². The Morgan fingerprint density at radius 2 is 1.65 bits per heavy atom. The van der Waals surface area contributed by atoms with Gasteiger partial charge in [-0.2, -0.15) is 0 Å². The van der Waals surface area contributed by atoms with Crippen LogP contribution < -0.4 is 10.6 Å². The van der Waals surface area contributed by atoms with E-state index in [1.54, 1.807) is 17.6 Å². The Bertz CT molecular complexity index is 1280. The van der Waals surface area contributed by atoms with Gasteiger partial charge in [0.05, 0.1) is 29.2 Å². The number of furan rings is 1. The second-order valence-corrected chi connectivity index (χ2v) is 8.26. The lowest BCUT2D eigenvalue weighted by Gasteiger charge is -2.27. The molecule has 3 aromatic heterocycles. The molecular weight excluding hydrogens is 404 g/mol. The molecule has 0 bridgehead atoms. The zero-order valence-electron chi connectivity index (χ0n) is 17.1. The van der Waals surface area contributed by atoms with Gasteiger partial charge >= 0.3 is 0 Å². The van der Waals surface area contributed by atoms with E-state index < -0.39 is 0 Å². The molecule has 0 aliphatic heterocycles. The van der Waals surface area contributed by atoms with Crippen molar-refractivity contribution in [3.05, 3.63) is 90.2 Å². The Morgan fingerprint density at radius 3 is 2.29 bits per heavy atom. The molecule has 5 nitrogen and oxygen atoms in total. The van der Waals surface area contributed by atoms with E-state index in [2.05, 4.69) is 22.4 Å². The highest BCUT2D eigenvalue weighted by Crippen LogP contribution is 2.39. The molecule has 0 aliphatic carbocycles. The maximum Gasteiger partial charge on any atom is 0.162 e. The zero-order valence-corrected chi connectivity index (χ0v) is 17.9. The van der Waals surface area contributed by atoms with Gasteiger partial charge < -0.3 is 15.1 Å². The van der Waals surface area contributed by atoms with Crippen molar-refractivity contribution in [1.29, 1.82) is 0 Å². The number of benzene rings is 2. The fourth-order valence-corrected chi connectivity index (χ4v) is 4.64. The first kappa shape index (κ1) is 19.5. The molecule has 5 rings (SSSR count). The van der Waals surface area contributed by atoms with Crippen LogP contribution in [0, 0.1) is 0 Å². The fourth-order valence-electron chi connectivity index (χ4n) is 3.62. The third kappa shape index (κ3) is 3.83. The molecule has 0 saturated carbocycles. The van der Waals surface area contributed by atoms with Gasteiger partial charge in [0.1, 0.15) is 5.76 Å². The summed E-state index contributed by atoms with van der Waals surface area (Å²) in [4.78, 5) is 12.0. The molecule has 1 atom stereocenters. The largest absolute Gasteiger partial charge is 0.467 e. The summed E-state index contributed by atoms with van der Waals surface area (Å²) in [6.07, 6.45) is 1.42. The van der Waals surface area contributed by atoms with Gasteiger partial charge in [-0.25, -0.2) is 9.97 Å². The minimum Gasteiger partial charge on any atom is -0.467 e. The topological polar surface area (TPSA) is 68.2 Å². The molecule has 6 heteroatoms. The van der Waals surface area contributed by atoms with Gasteiger partial charge in [-0.3, -0.25) is 0 Å². The molecule has 5 aromatic rings. The van der Waals surface area contributed by atoms with E-state index in [-0.39, 0.29) is 6.17 Å². The van der Waals surface area contributed by atoms with E-state index in [0.29, 0.717) is 12.4 Å². The van der Waals surface area contributed by atoms with Crippen LogP contribution >= 0.6 is 11.3 Å². The molecule has 0 radical (unpaired) electrons. The quantitative estimate of drug-likeness (QED) is 0.341. The van der Waals surface area contributed by atoms with Gasteiger partial charge in [0.25, 0.3) is 0 Å². The second-order valence-electron chi connectivity index (χ2n) is 7.38. The molecule has 0 aliphatic rings. The van der Waals surface area contributed by atoms with Crippen molar-refractivity contribution in [2.45, 2.75) is 19.6 Å². The molecule has 0 fully saturated rings. The molecule has 2 aromatic carbocycles. The fraction of sp³-hybridized carbons (Fsp3) is 0.120. The van der Waals surface area contributed by atoms with E-state index in [1.807, 2.05) is 67.6 Å². The standard InChI is InChI=1S/C25H22N4OS/c1-17(26)29(15-20-13-8-14-30-20)25-23-22(21(16-31-23)18-9-4-2-5-10-18)27-24(28-25)19-11-6-3-7-12-19/h2-14,16-17H,15,26H2,1H3/t17-/m0/s1. The summed E-state index contributed by atoms with van der Waals surface area (Å²) < 4.78 is 6.62. The van der Waals surface area contributed by atoms with Crippen molar-refractivity contribution < 1.29 is 4.42 Å². The Morgan fingerprint density at radius 1 is 0.935 bits per heavy atom. The highest BCUT2D eigenvalue weighted by Gasteiger charge is 2.22. The third-order valence-corrected chi connectivity index (χ3v) is 6.15. The lowest BCUT2D eigenvalue weighted by Crippen LogP contribution is -2.39. The van der Waals surface area contributed by atoms with Crippen LogP contribution in [0.3, 0.4) is 0 Å². The molecular formula is C25H22N4OS. The number of anilines is 1. The maximum absolute atomic E-state index is 6.41. The van der Waals surface area contributed by atoms with Gasteiger partial charge in [-0.15, -0.1) is 11.3 Å². The first-order valence-corrected chi connectivity index (χ1v) is 11.0. The Balaban J connectivity index is 1.73. The van der Waals surface area contributed by atoms with Crippen molar-refractivity contribution in [1.82, 2.24) is 9.97 Å². The van der Waals surface area contributed by atoms with Crippen molar-refractivity contribution in [2.75, 3.05) is 4.90 Å². The molecule has 0 spiro atoms.